The number of anilines is 1. The molecule has 0 fully saturated rings. The summed E-state index contributed by atoms with van der Waals surface area (Å²) in [5.41, 5.74) is -2.28. The van der Waals surface area contributed by atoms with Gasteiger partial charge in [0.25, 0.3) is 5.91 Å². The van der Waals surface area contributed by atoms with Crippen molar-refractivity contribution in [1.82, 2.24) is 34.7 Å². The van der Waals surface area contributed by atoms with E-state index in [-0.39, 0.29) is 27.1 Å². The van der Waals surface area contributed by atoms with Crippen LogP contribution >= 0.6 is 23.2 Å². The molecule has 0 spiro atoms. The minimum absolute atomic E-state index is 0.0225. The Labute approximate surface area is 192 Å². The van der Waals surface area contributed by atoms with Crippen LogP contribution in [0.1, 0.15) is 21.6 Å². The van der Waals surface area contributed by atoms with Gasteiger partial charge in [0.05, 0.1) is 41.1 Å². The number of halogens is 5. The van der Waals surface area contributed by atoms with Gasteiger partial charge in [0, 0.05) is 6.20 Å². The Morgan fingerprint density at radius 2 is 1.79 bits per heavy atom. The number of carbonyl (C=O) groups is 1. The van der Waals surface area contributed by atoms with Gasteiger partial charge >= 0.3 is 6.18 Å². The molecule has 15 heteroatoms. The summed E-state index contributed by atoms with van der Waals surface area (Å²) in [4.78, 5) is 21.6. The molecule has 0 aliphatic heterocycles. The maximum Gasteiger partial charge on any atom is 0.434 e. The SMILES string of the molecule is N#Cc1cc(NC(=O)c2cnn(-c3nccc(Cl)c3Cl)c2C(F)(F)F)cnc1-n1nccn1. The number of rotatable bonds is 4. The quantitative estimate of drug-likeness (QED) is 0.459. The number of nitrogens with one attached hydrogen (secondary N) is 1. The van der Waals surface area contributed by atoms with Crippen molar-refractivity contribution in [3.63, 3.8) is 0 Å². The molecule has 0 aromatic carbocycles. The number of pyridine rings is 2. The molecule has 33 heavy (non-hydrogen) atoms. The molecule has 1 amide bonds. The zero-order chi connectivity index (χ0) is 23.8. The van der Waals surface area contributed by atoms with E-state index in [9.17, 15) is 23.2 Å². The molecule has 0 bridgehead atoms. The van der Waals surface area contributed by atoms with Crippen molar-refractivity contribution in [2.24, 2.45) is 0 Å². The van der Waals surface area contributed by atoms with Gasteiger partial charge in [-0.1, -0.05) is 23.2 Å². The summed E-state index contributed by atoms with van der Waals surface area (Å²) in [6.45, 7) is 0. The molecule has 166 valence electrons. The van der Waals surface area contributed by atoms with Gasteiger partial charge in [0.2, 0.25) is 0 Å². The van der Waals surface area contributed by atoms with Crippen molar-refractivity contribution in [2.75, 3.05) is 5.32 Å². The topological polar surface area (TPSA) is 127 Å². The van der Waals surface area contributed by atoms with Crippen LogP contribution in [0.25, 0.3) is 11.6 Å². The number of aromatic nitrogens is 7. The molecule has 10 nitrogen and oxygen atoms in total. The summed E-state index contributed by atoms with van der Waals surface area (Å²) in [7, 11) is 0. The number of carbonyl (C=O) groups excluding carboxylic acids is 1. The lowest BCUT2D eigenvalue weighted by molar-refractivity contribution is -0.143. The largest absolute Gasteiger partial charge is 0.434 e. The molecule has 0 unspecified atom stereocenters. The number of nitriles is 1. The van der Waals surface area contributed by atoms with Crippen LogP contribution in [0.3, 0.4) is 0 Å². The maximum absolute atomic E-state index is 13.9. The molecule has 4 aromatic heterocycles. The van der Waals surface area contributed by atoms with Gasteiger partial charge in [-0.05, 0) is 12.1 Å². The fourth-order valence-corrected chi connectivity index (χ4v) is 3.13. The predicted octanol–water partition coefficient (Wildman–Crippen LogP) is 3.69. The first-order valence-corrected chi connectivity index (χ1v) is 9.50. The van der Waals surface area contributed by atoms with Crippen LogP contribution in [-0.4, -0.2) is 40.6 Å². The first kappa shape index (κ1) is 22.2. The van der Waals surface area contributed by atoms with E-state index in [0.29, 0.717) is 4.68 Å². The Balaban J connectivity index is 1.72. The Hall–Kier alpha value is -4.02. The van der Waals surface area contributed by atoms with E-state index in [1.807, 2.05) is 6.07 Å². The van der Waals surface area contributed by atoms with Crippen LogP contribution < -0.4 is 5.32 Å². The molecular weight excluding hydrogens is 486 g/mol. The Kier molecular flexibility index (Phi) is 5.71. The summed E-state index contributed by atoms with van der Waals surface area (Å²) in [5.74, 6) is -1.48. The van der Waals surface area contributed by atoms with Gasteiger partial charge in [-0.2, -0.15) is 33.7 Å². The number of amides is 1. The Bertz CT molecular complexity index is 1390. The highest BCUT2D eigenvalue weighted by Gasteiger charge is 2.41. The summed E-state index contributed by atoms with van der Waals surface area (Å²) in [6.07, 6.45) is 0.756. The van der Waals surface area contributed by atoms with Gasteiger partial charge in [-0.25, -0.2) is 14.6 Å². The second kappa shape index (κ2) is 8.49. The third-order valence-corrected chi connectivity index (χ3v) is 4.94. The number of nitrogens with zero attached hydrogens (tertiary/aromatic N) is 8. The zero-order valence-corrected chi connectivity index (χ0v) is 17.4. The molecule has 4 aromatic rings. The first-order valence-electron chi connectivity index (χ1n) is 8.74. The Morgan fingerprint density at radius 3 is 2.45 bits per heavy atom. The molecule has 0 saturated carbocycles. The summed E-state index contributed by atoms with van der Waals surface area (Å²) in [6, 6.07) is 4.37. The van der Waals surface area contributed by atoms with Crippen molar-refractivity contribution in [3.05, 3.63) is 70.0 Å². The normalized spacial score (nSPS) is 11.3. The monoisotopic (exact) mass is 493 g/mol. The first-order chi connectivity index (χ1) is 15.7. The van der Waals surface area contributed by atoms with E-state index < -0.39 is 29.2 Å². The van der Waals surface area contributed by atoms with Gasteiger partial charge in [0.15, 0.2) is 17.3 Å². The molecule has 1 N–H and O–H groups in total. The summed E-state index contributed by atoms with van der Waals surface area (Å²) in [5, 5.41) is 22.7. The fourth-order valence-electron chi connectivity index (χ4n) is 2.80. The van der Waals surface area contributed by atoms with E-state index in [4.69, 9.17) is 23.2 Å². The smallest absolute Gasteiger partial charge is 0.320 e. The number of hydrogen-bond donors (Lipinski definition) is 1. The van der Waals surface area contributed by atoms with E-state index in [0.717, 1.165) is 23.4 Å². The van der Waals surface area contributed by atoms with Gasteiger partial charge in [-0.15, -0.1) is 4.80 Å². The van der Waals surface area contributed by atoms with E-state index >= 15 is 0 Å². The van der Waals surface area contributed by atoms with Gasteiger partial charge < -0.3 is 5.32 Å². The summed E-state index contributed by atoms with van der Waals surface area (Å²) < 4.78 is 42.0. The average Bonchev–Trinajstić information content (AvgIpc) is 3.45. The van der Waals surface area contributed by atoms with Crippen molar-refractivity contribution in [1.29, 1.82) is 5.26 Å². The van der Waals surface area contributed by atoms with Crippen LogP contribution in [-0.2, 0) is 6.18 Å². The van der Waals surface area contributed by atoms with Crippen molar-refractivity contribution in [2.45, 2.75) is 6.18 Å². The number of alkyl halides is 3. The third-order valence-electron chi connectivity index (χ3n) is 4.16. The highest BCUT2D eigenvalue weighted by atomic mass is 35.5. The highest BCUT2D eigenvalue weighted by Crippen LogP contribution is 2.36. The van der Waals surface area contributed by atoms with E-state index in [2.05, 4.69) is 30.6 Å². The highest BCUT2D eigenvalue weighted by molar-refractivity contribution is 6.43. The Morgan fingerprint density at radius 1 is 1.06 bits per heavy atom. The number of hydrogen-bond acceptors (Lipinski definition) is 7. The lowest BCUT2D eigenvalue weighted by Gasteiger charge is -2.13. The third kappa shape index (κ3) is 4.21. The van der Waals surface area contributed by atoms with E-state index in [1.165, 1.54) is 24.5 Å². The molecule has 0 atom stereocenters. The predicted molar refractivity (Wildman–Crippen MR) is 108 cm³/mol. The van der Waals surface area contributed by atoms with Crippen LogP contribution in [0, 0.1) is 11.3 Å². The molecule has 0 radical (unpaired) electrons. The van der Waals surface area contributed by atoms with Crippen LogP contribution in [0.2, 0.25) is 10.0 Å². The van der Waals surface area contributed by atoms with Gasteiger partial charge in [-0.3, -0.25) is 4.79 Å². The molecule has 0 saturated heterocycles. The minimum atomic E-state index is -5.00. The van der Waals surface area contributed by atoms with E-state index in [1.54, 1.807) is 0 Å². The lowest BCUT2D eigenvalue weighted by atomic mass is 10.2. The zero-order valence-electron chi connectivity index (χ0n) is 15.9. The fraction of sp³-hybridized carbons (Fsp3) is 0.0556. The van der Waals surface area contributed by atoms with Crippen LogP contribution in [0.5, 0.6) is 0 Å². The van der Waals surface area contributed by atoms with Gasteiger partial charge in [0.1, 0.15) is 16.7 Å². The lowest BCUT2D eigenvalue weighted by Crippen LogP contribution is -2.21. The molecule has 0 aliphatic carbocycles. The van der Waals surface area contributed by atoms with Crippen molar-refractivity contribution >= 4 is 34.8 Å². The van der Waals surface area contributed by atoms with Crippen molar-refractivity contribution < 1.29 is 18.0 Å². The average molecular weight is 494 g/mol. The maximum atomic E-state index is 13.9. The molecule has 0 aliphatic rings. The second-order valence-electron chi connectivity index (χ2n) is 6.23. The minimum Gasteiger partial charge on any atom is -0.320 e. The standard InChI is InChI=1S/C18H8Cl2F3N9O/c19-12-1-2-25-16(13(12)20)31-14(18(21,22)23)11(8-29-31)17(33)30-10-5-9(6-24)15(26-7-10)32-27-3-4-28-32/h1-5,7-8H,(H,30,33). The molecule has 4 heterocycles. The van der Waals surface area contributed by atoms with Crippen molar-refractivity contribution in [3.8, 4) is 17.7 Å². The molecule has 4 rings (SSSR count). The van der Waals surface area contributed by atoms with Crippen LogP contribution in [0.15, 0.2) is 43.1 Å². The van der Waals surface area contributed by atoms with Crippen LogP contribution in [0.4, 0.5) is 18.9 Å². The second-order valence-corrected chi connectivity index (χ2v) is 7.01. The molecular formula is C18H8Cl2F3N9O. The summed E-state index contributed by atoms with van der Waals surface area (Å²) >= 11 is 11.9.